The lowest BCUT2D eigenvalue weighted by molar-refractivity contribution is -0.173. The van der Waals surface area contributed by atoms with Gasteiger partial charge in [0, 0.05) is 146 Å². The number of likely N-dealkylation sites (tertiary alicyclic amines) is 1. The molecule has 0 radical (unpaired) electrons. The number of aromatic nitrogens is 4. The van der Waals surface area contributed by atoms with Crippen LogP contribution >= 0.6 is 23.2 Å². The minimum atomic E-state index is -0.908. The van der Waals surface area contributed by atoms with Gasteiger partial charge in [-0.2, -0.15) is 5.26 Å². The molecule has 7 aliphatic rings. The fourth-order valence-electron chi connectivity index (χ4n) is 18.2. The van der Waals surface area contributed by atoms with Gasteiger partial charge < -0.3 is 90.3 Å². The number of unbranched alkanes of at least 4 members (excludes halogenated alkanes) is 5. The maximum absolute atomic E-state index is 12.7. The van der Waals surface area contributed by atoms with Crippen molar-refractivity contribution in [3.05, 3.63) is 226 Å². The van der Waals surface area contributed by atoms with Gasteiger partial charge in [0.1, 0.15) is 23.3 Å². The molecule has 1 saturated carbocycles. The quantitative estimate of drug-likeness (QED) is 0.0133. The summed E-state index contributed by atoms with van der Waals surface area (Å²) in [6, 6.07) is 51.3. The van der Waals surface area contributed by atoms with Gasteiger partial charge in [0.2, 0.25) is 0 Å². The van der Waals surface area contributed by atoms with Crippen molar-refractivity contribution >= 4 is 91.0 Å². The van der Waals surface area contributed by atoms with Crippen molar-refractivity contribution in [1.82, 2.24) is 45.3 Å². The number of fused-ring (bicyclic) bond motifs is 6. The van der Waals surface area contributed by atoms with E-state index in [0.29, 0.717) is 79.5 Å². The molecule has 4 aliphatic heterocycles. The molecular formula is C98H114Cl2N14O9. The molecule has 4 atom stereocenters. The van der Waals surface area contributed by atoms with Gasteiger partial charge in [0.15, 0.2) is 29.1 Å². The molecule has 7 aromatic carbocycles. The monoisotopic (exact) mass is 1700 g/mol. The summed E-state index contributed by atoms with van der Waals surface area (Å²) in [6.07, 6.45) is 24.2. The van der Waals surface area contributed by atoms with E-state index in [1.165, 1.54) is 81.2 Å². The number of likely N-dealkylation sites (N-methyl/N-ethyl adjacent to an activating group) is 1. The molecule has 23 nitrogen and oxygen atoms in total. The second-order valence-electron chi connectivity index (χ2n) is 32.8. The molecule has 3 fully saturated rings. The van der Waals surface area contributed by atoms with Crippen molar-refractivity contribution < 1.29 is 43.4 Å². The summed E-state index contributed by atoms with van der Waals surface area (Å²) < 4.78 is 34.4. The summed E-state index contributed by atoms with van der Waals surface area (Å²) in [4.78, 5) is 34.9. The molecule has 2 unspecified atom stereocenters. The van der Waals surface area contributed by atoms with E-state index >= 15 is 0 Å². The number of methoxy groups -OCH3 is 4. The third-order valence-electron chi connectivity index (χ3n) is 24.9. The first kappa shape index (κ1) is 86.9. The highest BCUT2D eigenvalue weighted by atomic mass is 35.5. The van der Waals surface area contributed by atoms with Crippen LogP contribution in [-0.4, -0.2) is 190 Å². The first-order valence-corrected chi connectivity index (χ1v) is 44.1. The zero-order chi connectivity index (χ0) is 85.2. The van der Waals surface area contributed by atoms with Crippen LogP contribution in [0.4, 0.5) is 28.4 Å². The lowest BCUT2D eigenvalue weighted by Gasteiger charge is -2.62. The van der Waals surface area contributed by atoms with Crippen LogP contribution in [0.5, 0.6) is 40.2 Å². The number of halogens is 2. The largest absolute Gasteiger partial charge is 0.504 e. The van der Waals surface area contributed by atoms with Crippen LogP contribution in [0.1, 0.15) is 122 Å². The summed E-state index contributed by atoms with van der Waals surface area (Å²) in [5.74, 6) is 4.96. The molecule has 25 heteroatoms. The van der Waals surface area contributed by atoms with Crippen LogP contribution in [0.15, 0.2) is 176 Å². The number of nitrogens with one attached hydrogen (secondary N) is 8. The van der Waals surface area contributed by atoms with E-state index in [-0.39, 0.29) is 23.8 Å². The van der Waals surface area contributed by atoms with Crippen molar-refractivity contribution in [2.24, 2.45) is 5.92 Å². The van der Waals surface area contributed by atoms with Crippen LogP contribution in [0.2, 0.25) is 10.0 Å². The number of benzene rings is 7. The van der Waals surface area contributed by atoms with Gasteiger partial charge in [-0.25, -0.2) is 0 Å². The third-order valence-corrected chi connectivity index (χ3v) is 25.5. The van der Waals surface area contributed by atoms with Crippen molar-refractivity contribution in [2.45, 2.75) is 113 Å². The lowest BCUT2D eigenvalue weighted by Crippen LogP contribution is -2.74. The Hall–Kier alpha value is -11.0. The molecule has 2 saturated heterocycles. The van der Waals surface area contributed by atoms with Crippen molar-refractivity contribution in [2.75, 3.05) is 148 Å². The van der Waals surface area contributed by atoms with Gasteiger partial charge in [0.05, 0.1) is 101 Å². The number of carbonyl (C=O) groups is 1. The number of nitriles is 1. The molecule has 2 bridgehead atoms. The smallest absolute Gasteiger partial charge is 0.256 e. The first-order valence-electron chi connectivity index (χ1n) is 43.4. The van der Waals surface area contributed by atoms with Gasteiger partial charge >= 0.3 is 0 Å². The number of piperazine rings is 1. The van der Waals surface area contributed by atoms with Crippen LogP contribution in [-0.2, 0) is 23.1 Å². The molecule has 1 spiro atoms. The zero-order valence-corrected chi connectivity index (χ0v) is 72.6. The number of H-pyrrole nitrogens is 2. The Kier molecular flexibility index (Phi) is 28.9. The highest BCUT2D eigenvalue weighted by Gasteiger charge is 2.73. The molecule has 18 rings (SSSR count). The first-order chi connectivity index (χ1) is 60.2. The van der Waals surface area contributed by atoms with E-state index in [2.05, 4.69) is 116 Å². The molecule has 123 heavy (non-hydrogen) atoms. The maximum atomic E-state index is 12.7. The number of amides is 1. The molecule has 11 aromatic rings. The molecule has 1 amide bonds. The average molecular weight is 1700 g/mol. The highest BCUT2D eigenvalue weighted by Crippen LogP contribution is 2.69. The minimum Gasteiger partial charge on any atom is -0.504 e. The number of phenolic OH excluding ortho intramolecular Hbond substituents is 1. The number of aliphatic hydroxyl groups is 1. The molecule has 644 valence electrons. The van der Waals surface area contributed by atoms with Gasteiger partial charge in [-0.3, -0.25) is 19.7 Å². The predicted octanol–water partition coefficient (Wildman–Crippen LogP) is 17.9. The van der Waals surface area contributed by atoms with Gasteiger partial charge in [0.25, 0.3) is 5.91 Å². The SMILES string of the molecule is COc1cc(Nc2c(C#N)cnc3cc(OCCCN4CCN(C)CC4)c(OC)cc23)c(Cl)cc1Cl.COc1ccccc1NCCCCNCCCCCCNCCCCNc1ccccc1OC.O=C1Nc2ccc(-c3cccnc3)cc2C1=Cc1ccc[nH]1.Oc1ccc2c3c1O[C@H]1c4[nH]c5ccccc5c4C[C@@]4(O)C(C2)N(CC2CC2)CCC314. The number of aromatic hydroxyl groups is 1. The second kappa shape index (κ2) is 41.0. The normalized spacial score (nSPS) is 18.7. The molecule has 10 N–H and O–H groups in total. The fourth-order valence-corrected chi connectivity index (χ4v) is 18.7. The summed E-state index contributed by atoms with van der Waals surface area (Å²) in [5.41, 5.74) is 13.9. The number of anilines is 5. The Bertz CT molecular complexity index is 5440. The number of hydrogen-bond donors (Lipinski definition) is 10. The highest BCUT2D eigenvalue weighted by molar-refractivity contribution is 6.37. The van der Waals surface area contributed by atoms with Crippen LogP contribution in [0.25, 0.3) is 44.6 Å². The van der Waals surface area contributed by atoms with Gasteiger partial charge in [-0.1, -0.05) is 96.7 Å². The van der Waals surface area contributed by atoms with Crippen LogP contribution in [0, 0.1) is 17.2 Å². The number of rotatable bonds is 34. The Labute approximate surface area is 731 Å². The Morgan fingerprint density at radius 1 is 0.675 bits per heavy atom. The van der Waals surface area contributed by atoms with Crippen molar-refractivity contribution in [1.29, 1.82) is 5.26 Å². The summed E-state index contributed by atoms with van der Waals surface area (Å²) in [5, 5.41) is 56.1. The van der Waals surface area contributed by atoms with Crippen LogP contribution < -0.4 is 60.3 Å². The number of para-hydroxylation sites is 5. The third kappa shape index (κ3) is 20.0. The standard InChI is InChI=1S/C28H46N4O2.C26H29Cl2N5O3.C26H26N2O3.C18H13N3O/c1-33-27-17-7-5-15-25(27)31-23-13-11-21-29-19-9-3-4-10-20-30-22-12-14-24-32-26-16-6-8-18-28(26)34-2;1-32-6-8-33(9-7-32)5-4-10-36-25-13-21-18(11-24(25)35-3)26(17(15-29)16-30-21)31-22-14-23(34-2)20(28)12-19(22)27;29-19-8-7-15-11-20-26(30)12-17-16-3-1-2-4-18(16)27-22(17)24-25(26,21(15)23(19)31-24)9-10-28(20)13-14-5-6-14;22-18-16(10-14-4-2-8-20-14)15-9-12(5-6-17(15)21-18)13-3-1-7-19-11-13/h5-8,15-18,29-32H,3-4,9-14,19-24H2,1-2H3;11-14,16H,4-10H2,1-3H3,(H,30,31);1-4,7-8,14,20,24,27,29-30H,5-6,9-13H2;1-11,20H,(H,21,22)/t;;20?,24-,25?,26+;/m..0./s1. The van der Waals surface area contributed by atoms with E-state index in [1.54, 1.807) is 45.7 Å². The number of nitrogens with zero attached hydrogens (tertiary/aromatic N) is 6. The summed E-state index contributed by atoms with van der Waals surface area (Å²) in [6.45, 7) is 14.4. The van der Waals surface area contributed by atoms with Gasteiger partial charge in [-0.15, -0.1) is 0 Å². The maximum Gasteiger partial charge on any atom is 0.256 e. The Morgan fingerprint density at radius 2 is 1.37 bits per heavy atom. The zero-order valence-electron chi connectivity index (χ0n) is 71.0. The number of phenols is 1. The molecule has 8 heterocycles. The van der Waals surface area contributed by atoms with Gasteiger partial charge in [-0.05, 0) is 218 Å². The van der Waals surface area contributed by atoms with E-state index in [9.17, 15) is 20.3 Å². The van der Waals surface area contributed by atoms with E-state index in [4.69, 9.17) is 51.6 Å². The number of piperidine rings is 1. The van der Waals surface area contributed by atoms with E-state index < -0.39 is 11.0 Å². The number of aromatic amines is 2. The Balaban J connectivity index is 0.000000129. The van der Waals surface area contributed by atoms with E-state index in [1.807, 2.05) is 116 Å². The minimum absolute atomic E-state index is 0.0760. The lowest BCUT2D eigenvalue weighted by atomic mass is 9.49. The number of ether oxygens (including phenoxy) is 6. The van der Waals surface area contributed by atoms with Crippen molar-refractivity contribution in [3.8, 4) is 57.4 Å². The molecule has 4 aromatic heterocycles. The summed E-state index contributed by atoms with van der Waals surface area (Å²) in [7, 11) is 8.70. The number of hydrogen-bond acceptors (Lipinski definition) is 20. The van der Waals surface area contributed by atoms with E-state index in [0.717, 1.165) is 191 Å². The average Bonchev–Trinajstić information content (AvgIpc) is 1.51. The topological polar surface area (TPSA) is 276 Å². The molecular weight excluding hydrogens is 1590 g/mol. The van der Waals surface area contributed by atoms with Crippen molar-refractivity contribution in [3.63, 3.8) is 0 Å². The Morgan fingerprint density at radius 3 is 2.04 bits per heavy atom. The van der Waals surface area contributed by atoms with Crippen LogP contribution in [0.3, 0.4) is 0 Å². The predicted molar refractivity (Wildman–Crippen MR) is 492 cm³/mol. The second-order valence-corrected chi connectivity index (χ2v) is 33.6. The molecule has 3 aliphatic carbocycles. The number of pyridine rings is 2. The number of carbonyl (C=O) groups excluding carboxylic acids is 1. The fraction of sp³-hybridized carbons (Fsp3) is 0.388. The summed E-state index contributed by atoms with van der Waals surface area (Å²) >= 11 is 12.6.